The predicted octanol–water partition coefficient (Wildman–Crippen LogP) is 0.656. The molecular formula is C9H17NO7P2. The van der Waals surface area contributed by atoms with Gasteiger partial charge in [0.25, 0.3) is 0 Å². The molecule has 0 aromatic heterocycles. The summed E-state index contributed by atoms with van der Waals surface area (Å²) >= 11 is 0. The van der Waals surface area contributed by atoms with E-state index in [9.17, 15) is 13.9 Å². The molecule has 0 bridgehead atoms. The summed E-state index contributed by atoms with van der Waals surface area (Å²) in [6.07, 6.45) is 1.11. The Kier molecular flexibility index (Phi) is 6.86. The van der Waals surface area contributed by atoms with Crippen LogP contribution in [-0.2, 0) is 13.9 Å². The van der Waals surface area contributed by atoms with Gasteiger partial charge in [-0.05, 0) is 19.8 Å². The number of nitrogens with one attached hydrogen (secondary N) is 1. The highest BCUT2D eigenvalue weighted by molar-refractivity contribution is 7.77. The summed E-state index contributed by atoms with van der Waals surface area (Å²) in [5.74, 6) is -0.353. The van der Waals surface area contributed by atoms with Crippen LogP contribution >= 0.6 is 15.2 Å². The second-order valence-corrected chi connectivity index (χ2v) is 7.32. The van der Waals surface area contributed by atoms with Crippen LogP contribution in [0, 0.1) is 0 Å². The Morgan fingerprint density at radius 2 is 1.68 bits per heavy atom. The maximum absolute atomic E-state index is 11.1. The second kappa shape index (κ2) is 7.14. The molecule has 0 aliphatic rings. The average molecular weight is 313 g/mol. The molecule has 0 aromatic rings. The zero-order valence-corrected chi connectivity index (χ0v) is 12.1. The Balaban J connectivity index is 4.45. The molecule has 110 valence electrons. The molecule has 0 spiro atoms. The highest BCUT2D eigenvalue weighted by atomic mass is 31.2. The van der Waals surface area contributed by atoms with Gasteiger partial charge in [-0.2, -0.15) is 0 Å². The van der Waals surface area contributed by atoms with Gasteiger partial charge in [0.15, 0.2) is 0 Å². The van der Waals surface area contributed by atoms with E-state index < -0.39 is 20.2 Å². The summed E-state index contributed by atoms with van der Waals surface area (Å²) in [6.45, 7) is 5.15. The van der Waals surface area contributed by atoms with E-state index >= 15 is 0 Å². The molecule has 0 aliphatic heterocycles. The number of hydrogen-bond donors (Lipinski definition) is 5. The van der Waals surface area contributed by atoms with Crippen molar-refractivity contribution in [2.75, 3.05) is 6.54 Å². The molecule has 0 radical (unpaired) electrons. The summed E-state index contributed by atoms with van der Waals surface area (Å²) in [7, 11) is -9.97. The van der Waals surface area contributed by atoms with Crippen LogP contribution in [0.15, 0.2) is 23.3 Å². The first-order chi connectivity index (χ1) is 8.46. The van der Waals surface area contributed by atoms with E-state index in [4.69, 9.17) is 19.6 Å². The first kappa shape index (κ1) is 18.2. The van der Waals surface area contributed by atoms with E-state index in [0.717, 1.165) is 6.08 Å². The van der Waals surface area contributed by atoms with Crippen molar-refractivity contribution >= 4 is 21.1 Å². The topological polar surface area (TPSA) is 144 Å². The van der Waals surface area contributed by atoms with Crippen LogP contribution in [0.3, 0.4) is 0 Å². The van der Waals surface area contributed by atoms with Crippen molar-refractivity contribution in [1.82, 2.24) is 5.32 Å². The van der Waals surface area contributed by atoms with Crippen LogP contribution < -0.4 is 5.32 Å². The molecule has 0 fully saturated rings. The monoisotopic (exact) mass is 313 g/mol. The van der Waals surface area contributed by atoms with Crippen LogP contribution in [-0.4, -0.2) is 32.0 Å². The largest absolute Gasteiger partial charge is 0.364 e. The van der Waals surface area contributed by atoms with Gasteiger partial charge < -0.3 is 24.9 Å². The van der Waals surface area contributed by atoms with Crippen LogP contribution in [0.25, 0.3) is 0 Å². The standard InChI is InChI=1S/C9H17NO7P2/c1-7(2)9(11)10-6-4-3-5-8(18(12,13)14)19(15,16)17/h5H,1,3-4,6H2,2H3,(H,10,11)(H2,12,13,14)(H2,15,16,17). The quantitative estimate of drug-likeness (QED) is 0.264. The zero-order valence-electron chi connectivity index (χ0n) is 10.3. The van der Waals surface area contributed by atoms with E-state index in [0.29, 0.717) is 5.57 Å². The van der Waals surface area contributed by atoms with Crippen LogP contribution in [0.5, 0.6) is 0 Å². The summed E-state index contributed by atoms with van der Waals surface area (Å²) in [5, 5.41) is 1.29. The molecular weight excluding hydrogens is 296 g/mol. The normalized spacial score (nSPS) is 11.8. The van der Waals surface area contributed by atoms with Crippen molar-refractivity contribution in [3.63, 3.8) is 0 Å². The summed E-state index contributed by atoms with van der Waals surface area (Å²) in [6, 6.07) is 0. The minimum atomic E-state index is -4.98. The number of amides is 1. The minimum absolute atomic E-state index is 0.0159. The van der Waals surface area contributed by atoms with E-state index in [1.165, 1.54) is 6.92 Å². The van der Waals surface area contributed by atoms with Crippen LogP contribution in [0.2, 0.25) is 0 Å². The number of carbonyl (C=O) groups is 1. The van der Waals surface area contributed by atoms with Crippen molar-refractivity contribution in [1.29, 1.82) is 0 Å². The molecule has 1 amide bonds. The number of allylic oxidation sites excluding steroid dienone is 1. The van der Waals surface area contributed by atoms with Gasteiger partial charge in [0.2, 0.25) is 5.91 Å². The smallest absolute Gasteiger partial charge is 0.352 e. The maximum atomic E-state index is 11.1. The first-order valence-electron chi connectivity index (χ1n) is 5.22. The number of carbonyl (C=O) groups excluding carboxylic acids is 1. The van der Waals surface area contributed by atoms with Gasteiger partial charge in [0.1, 0.15) is 5.06 Å². The lowest BCUT2D eigenvalue weighted by molar-refractivity contribution is -0.117. The molecule has 0 aliphatic carbocycles. The van der Waals surface area contributed by atoms with E-state index in [1.807, 2.05) is 0 Å². The molecule has 0 heterocycles. The second-order valence-electron chi connectivity index (χ2n) is 3.83. The number of rotatable bonds is 7. The Labute approximate surface area is 110 Å². The fourth-order valence-electron chi connectivity index (χ4n) is 1.09. The third kappa shape index (κ3) is 7.42. The van der Waals surface area contributed by atoms with Gasteiger partial charge in [-0.15, -0.1) is 0 Å². The van der Waals surface area contributed by atoms with Gasteiger partial charge in [-0.25, -0.2) is 0 Å². The first-order valence-corrected chi connectivity index (χ1v) is 8.45. The van der Waals surface area contributed by atoms with Gasteiger partial charge in [0, 0.05) is 12.1 Å². The summed E-state index contributed by atoms with van der Waals surface area (Å²) < 4.78 is 21.8. The Morgan fingerprint density at radius 3 is 2.05 bits per heavy atom. The van der Waals surface area contributed by atoms with Crippen molar-refractivity contribution in [3.8, 4) is 0 Å². The summed E-state index contributed by atoms with van der Waals surface area (Å²) in [5.41, 5.74) is 0.321. The highest BCUT2D eigenvalue weighted by Crippen LogP contribution is 2.63. The molecule has 8 nitrogen and oxygen atoms in total. The molecule has 19 heavy (non-hydrogen) atoms. The summed E-state index contributed by atoms with van der Waals surface area (Å²) in [4.78, 5) is 46.3. The number of hydrogen-bond acceptors (Lipinski definition) is 3. The van der Waals surface area contributed by atoms with Crippen molar-refractivity contribution < 1.29 is 33.5 Å². The minimum Gasteiger partial charge on any atom is -0.352 e. The van der Waals surface area contributed by atoms with Gasteiger partial charge >= 0.3 is 15.2 Å². The van der Waals surface area contributed by atoms with Crippen LogP contribution in [0.1, 0.15) is 19.8 Å². The molecule has 0 saturated heterocycles. The third-order valence-corrected chi connectivity index (χ3v) is 5.10. The van der Waals surface area contributed by atoms with Gasteiger partial charge in [-0.3, -0.25) is 13.9 Å². The predicted molar refractivity (Wildman–Crippen MR) is 69.2 cm³/mol. The Morgan fingerprint density at radius 1 is 1.21 bits per heavy atom. The molecule has 0 atom stereocenters. The Hall–Kier alpha value is -0.750. The SMILES string of the molecule is C=C(C)C(=O)NCCCC=C(P(=O)(O)O)P(=O)(O)O. The van der Waals surface area contributed by atoms with Gasteiger partial charge in [-0.1, -0.05) is 12.7 Å². The molecule has 0 aromatic carbocycles. The van der Waals surface area contributed by atoms with E-state index in [1.54, 1.807) is 0 Å². The van der Waals surface area contributed by atoms with Crippen molar-refractivity contribution in [2.24, 2.45) is 0 Å². The zero-order chi connectivity index (χ0) is 15.3. The maximum Gasteiger partial charge on any atom is 0.364 e. The molecule has 0 rings (SSSR count). The van der Waals surface area contributed by atoms with E-state index in [2.05, 4.69) is 11.9 Å². The number of unbranched alkanes of at least 4 members (excludes halogenated alkanes) is 1. The average Bonchev–Trinajstić information content (AvgIpc) is 2.18. The van der Waals surface area contributed by atoms with Crippen molar-refractivity contribution in [3.05, 3.63) is 23.3 Å². The lowest BCUT2D eigenvalue weighted by Crippen LogP contribution is -2.24. The highest BCUT2D eigenvalue weighted by Gasteiger charge is 2.35. The molecule has 0 unspecified atom stereocenters. The molecule has 0 saturated carbocycles. The van der Waals surface area contributed by atoms with Crippen molar-refractivity contribution in [2.45, 2.75) is 19.8 Å². The van der Waals surface area contributed by atoms with Gasteiger partial charge in [0.05, 0.1) is 0 Å². The Bertz CT molecular complexity index is 449. The van der Waals surface area contributed by atoms with E-state index in [-0.39, 0.29) is 25.3 Å². The third-order valence-electron chi connectivity index (χ3n) is 1.98. The fourth-order valence-corrected chi connectivity index (χ4v) is 3.19. The molecule has 10 heteroatoms. The fraction of sp³-hybridized carbons (Fsp3) is 0.444. The van der Waals surface area contributed by atoms with Crippen LogP contribution in [0.4, 0.5) is 0 Å². The lowest BCUT2D eigenvalue weighted by atomic mass is 10.3. The molecule has 5 N–H and O–H groups in total. The lowest BCUT2D eigenvalue weighted by Gasteiger charge is -2.10.